The van der Waals surface area contributed by atoms with Crippen molar-refractivity contribution in [3.63, 3.8) is 0 Å². The largest absolute Gasteiger partial charge is 0.346 e. The summed E-state index contributed by atoms with van der Waals surface area (Å²) < 4.78 is 1.70. The average molecular weight is 375 g/mol. The van der Waals surface area contributed by atoms with E-state index in [1.54, 1.807) is 28.2 Å². The van der Waals surface area contributed by atoms with Gasteiger partial charge >= 0.3 is 0 Å². The van der Waals surface area contributed by atoms with Crippen LogP contribution in [-0.2, 0) is 13.0 Å². The number of amides is 1. The second kappa shape index (κ2) is 7.37. The van der Waals surface area contributed by atoms with Crippen molar-refractivity contribution in [2.24, 2.45) is 0 Å². The zero-order valence-corrected chi connectivity index (χ0v) is 15.9. The highest BCUT2D eigenvalue weighted by Crippen LogP contribution is 2.19. The first-order valence-corrected chi connectivity index (χ1v) is 9.23. The number of halogens is 1. The van der Waals surface area contributed by atoms with Gasteiger partial charge in [0.05, 0.1) is 17.3 Å². The Balaban J connectivity index is 1.79. The number of hydrogen-bond acceptors (Lipinski definition) is 4. The number of nitrogens with one attached hydrogen (secondary N) is 1. The van der Waals surface area contributed by atoms with Crippen molar-refractivity contribution in [3.8, 4) is 5.82 Å². The molecule has 3 aromatic rings. The van der Waals surface area contributed by atoms with Crippen LogP contribution in [0.1, 0.15) is 38.6 Å². The maximum absolute atomic E-state index is 12.5. The maximum atomic E-state index is 12.5. The van der Waals surface area contributed by atoms with Crippen molar-refractivity contribution in [1.82, 2.24) is 20.1 Å². The third-order valence-electron chi connectivity index (χ3n) is 3.76. The Morgan fingerprint density at radius 2 is 2.00 bits per heavy atom. The van der Waals surface area contributed by atoms with Crippen molar-refractivity contribution < 1.29 is 4.79 Å². The normalized spacial score (nSPS) is 10.9. The van der Waals surface area contributed by atoms with Crippen LogP contribution in [0.2, 0.25) is 5.02 Å². The zero-order valence-electron chi connectivity index (χ0n) is 14.3. The number of carbonyl (C=O) groups is 1. The first-order chi connectivity index (χ1) is 12.0. The van der Waals surface area contributed by atoms with Gasteiger partial charge < -0.3 is 5.32 Å². The van der Waals surface area contributed by atoms with Gasteiger partial charge in [-0.05, 0) is 50.6 Å². The number of thiophene rings is 1. The molecule has 0 atom stereocenters. The number of aromatic nitrogens is 3. The van der Waals surface area contributed by atoms with Gasteiger partial charge in [-0.1, -0.05) is 18.5 Å². The molecule has 0 aliphatic rings. The summed E-state index contributed by atoms with van der Waals surface area (Å²) in [4.78, 5) is 19.3. The maximum Gasteiger partial charge on any atom is 0.271 e. The summed E-state index contributed by atoms with van der Waals surface area (Å²) in [6.07, 6.45) is 0.997. The molecule has 0 aliphatic carbocycles. The smallest absolute Gasteiger partial charge is 0.271 e. The van der Waals surface area contributed by atoms with E-state index in [4.69, 9.17) is 11.6 Å². The van der Waals surface area contributed by atoms with Crippen LogP contribution in [-0.4, -0.2) is 20.7 Å². The Hall–Kier alpha value is -2.18. The van der Waals surface area contributed by atoms with Gasteiger partial charge in [0.2, 0.25) is 0 Å². The lowest BCUT2D eigenvalue weighted by Crippen LogP contribution is -2.24. The van der Waals surface area contributed by atoms with Gasteiger partial charge in [0, 0.05) is 15.4 Å². The number of rotatable bonds is 5. The molecule has 5 nitrogen and oxygen atoms in total. The van der Waals surface area contributed by atoms with E-state index in [1.165, 1.54) is 4.88 Å². The molecule has 3 heterocycles. The molecule has 7 heteroatoms. The first kappa shape index (κ1) is 17.6. The average Bonchev–Trinajstić information content (AvgIpc) is 3.19. The Kier molecular flexibility index (Phi) is 5.20. The van der Waals surface area contributed by atoms with Crippen molar-refractivity contribution >= 4 is 28.8 Å². The molecule has 3 rings (SSSR count). The van der Waals surface area contributed by atoms with E-state index in [9.17, 15) is 4.79 Å². The fourth-order valence-electron chi connectivity index (χ4n) is 2.53. The molecule has 130 valence electrons. The summed E-state index contributed by atoms with van der Waals surface area (Å²) >= 11 is 7.88. The van der Waals surface area contributed by atoms with Gasteiger partial charge in [-0.25, -0.2) is 9.67 Å². The fraction of sp³-hybridized carbons (Fsp3) is 0.278. The summed E-state index contributed by atoms with van der Waals surface area (Å²) in [5.74, 6) is 0.282. The molecule has 0 radical (unpaired) electrons. The number of aryl methyl sites for hydroxylation is 3. The summed E-state index contributed by atoms with van der Waals surface area (Å²) in [5, 5.41) is 7.61. The van der Waals surface area contributed by atoms with Crippen molar-refractivity contribution in [1.29, 1.82) is 0 Å². The van der Waals surface area contributed by atoms with E-state index >= 15 is 0 Å². The second-order valence-electron chi connectivity index (χ2n) is 5.74. The molecule has 0 saturated heterocycles. The minimum Gasteiger partial charge on any atom is -0.346 e. The quantitative estimate of drug-likeness (QED) is 0.731. The predicted molar refractivity (Wildman–Crippen MR) is 101 cm³/mol. The monoisotopic (exact) mass is 374 g/mol. The fourth-order valence-corrected chi connectivity index (χ4v) is 3.62. The summed E-state index contributed by atoms with van der Waals surface area (Å²) in [5.41, 5.74) is 2.05. The number of nitrogens with zero attached hydrogens (tertiary/aromatic N) is 3. The van der Waals surface area contributed by atoms with Gasteiger partial charge in [0.1, 0.15) is 5.69 Å². The zero-order chi connectivity index (χ0) is 18.0. The van der Waals surface area contributed by atoms with Crippen molar-refractivity contribution in [3.05, 3.63) is 62.2 Å². The molecular formula is C18H19ClN4OS. The highest BCUT2D eigenvalue weighted by molar-refractivity contribution is 7.11. The molecule has 0 saturated carbocycles. The van der Waals surface area contributed by atoms with Crippen LogP contribution >= 0.6 is 22.9 Å². The van der Waals surface area contributed by atoms with Crippen molar-refractivity contribution in [2.45, 2.75) is 33.7 Å². The highest BCUT2D eigenvalue weighted by Gasteiger charge is 2.15. The van der Waals surface area contributed by atoms with E-state index in [-0.39, 0.29) is 11.6 Å². The standard InChI is InChI=1S/C18H19ClN4OS/c1-4-13-5-6-14(25-13)10-20-18(24)17-15(19)7-8-16(21-17)23-12(3)9-11(2)22-23/h5-9H,4,10H2,1-3H3,(H,20,24). The van der Waals surface area contributed by atoms with E-state index in [2.05, 4.69) is 28.4 Å². The lowest BCUT2D eigenvalue weighted by Gasteiger charge is -2.08. The second-order valence-corrected chi connectivity index (χ2v) is 7.40. The number of carbonyl (C=O) groups excluding carboxylic acids is 1. The SMILES string of the molecule is CCc1ccc(CNC(=O)c2nc(-n3nc(C)cc3C)ccc2Cl)s1. The highest BCUT2D eigenvalue weighted by atomic mass is 35.5. The van der Waals surface area contributed by atoms with Crippen LogP contribution in [0, 0.1) is 13.8 Å². The van der Waals surface area contributed by atoms with Gasteiger partial charge in [0.25, 0.3) is 5.91 Å². The third-order valence-corrected chi connectivity index (χ3v) is 5.30. The minimum absolute atomic E-state index is 0.207. The van der Waals surface area contributed by atoms with Crippen LogP contribution in [0.5, 0.6) is 0 Å². The lowest BCUT2D eigenvalue weighted by atomic mass is 10.3. The number of pyridine rings is 1. The Bertz CT molecular complexity index is 916. The van der Waals surface area contributed by atoms with Gasteiger partial charge in [-0.2, -0.15) is 5.10 Å². The Morgan fingerprint density at radius 3 is 2.64 bits per heavy atom. The first-order valence-electron chi connectivity index (χ1n) is 8.04. The molecule has 0 aliphatic heterocycles. The van der Waals surface area contributed by atoms with E-state index in [0.717, 1.165) is 22.7 Å². The molecule has 0 spiro atoms. The molecular weight excluding hydrogens is 356 g/mol. The topological polar surface area (TPSA) is 59.8 Å². The minimum atomic E-state index is -0.292. The summed E-state index contributed by atoms with van der Waals surface area (Å²) in [7, 11) is 0. The molecule has 0 bridgehead atoms. The third kappa shape index (κ3) is 3.91. The van der Waals surface area contributed by atoms with E-state index in [0.29, 0.717) is 17.4 Å². The molecule has 0 unspecified atom stereocenters. The van der Waals surface area contributed by atoms with E-state index in [1.807, 2.05) is 26.0 Å². The van der Waals surface area contributed by atoms with E-state index < -0.39 is 0 Å². The van der Waals surface area contributed by atoms with Gasteiger partial charge in [-0.3, -0.25) is 4.79 Å². The molecule has 1 N–H and O–H groups in total. The van der Waals surface area contributed by atoms with Crippen LogP contribution < -0.4 is 5.32 Å². The molecule has 0 aromatic carbocycles. The molecule has 0 fully saturated rings. The van der Waals surface area contributed by atoms with Crippen LogP contribution in [0.15, 0.2) is 30.3 Å². The summed E-state index contributed by atoms with van der Waals surface area (Å²) in [6.45, 7) is 6.44. The molecule has 1 amide bonds. The molecule has 25 heavy (non-hydrogen) atoms. The Labute approximate surface area is 155 Å². The number of hydrogen-bond donors (Lipinski definition) is 1. The summed E-state index contributed by atoms with van der Waals surface area (Å²) in [6, 6.07) is 9.50. The van der Waals surface area contributed by atoms with Crippen LogP contribution in [0.4, 0.5) is 0 Å². The predicted octanol–water partition coefficient (Wildman–Crippen LogP) is 4.09. The van der Waals surface area contributed by atoms with Crippen LogP contribution in [0.25, 0.3) is 5.82 Å². The lowest BCUT2D eigenvalue weighted by molar-refractivity contribution is 0.0946. The van der Waals surface area contributed by atoms with Crippen molar-refractivity contribution in [2.75, 3.05) is 0 Å². The molecule has 3 aromatic heterocycles. The van der Waals surface area contributed by atoms with Gasteiger partial charge in [0.15, 0.2) is 5.82 Å². The Morgan fingerprint density at radius 1 is 1.24 bits per heavy atom. The van der Waals surface area contributed by atoms with Crippen LogP contribution in [0.3, 0.4) is 0 Å². The van der Waals surface area contributed by atoms with Gasteiger partial charge in [-0.15, -0.1) is 11.3 Å².